The van der Waals surface area contributed by atoms with E-state index in [0.717, 1.165) is 5.56 Å². The number of benzene rings is 1. The van der Waals surface area contributed by atoms with Gasteiger partial charge < -0.3 is 5.32 Å². The predicted octanol–water partition coefficient (Wildman–Crippen LogP) is 3.44. The lowest BCUT2D eigenvalue weighted by atomic mass is 10.2. The average Bonchev–Trinajstić information content (AvgIpc) is 2.38. The minimum atomic E-state index is -0.301. The van der Waals surface area contributed by atoms with Crippen LogP contribution in [0.25, 0.3) is 6.08 Å². The van der Waals surface area contributed by atoms with E-state index in [1.807, 2.05) is 12.1 Å². The molecular formula is C13H9Cl2N3O. The largest absolute Gasteiger partial charge is 0.307 e. The Morgan fingerprint density at radius 1 is 1.16 bits per heavy atom. The first kappa shape index (κ1) is 13.5. The monoisotopic (exact) mass is 293 g/mol. The maximum Gasteiger partial charge on any atom is 0.249 e. The molecule has 0 radical (unpaired) electrons. The summed E-state index contributed by atoms with van der Waals surface area (Å²) < 4.78 is 0. The van der Waals surface area contributed by atoms with Gasteiger partial charge in [-0.1, -0.05) is 23.7 Å². The van der Waals surface area contributed by atoms with Crippen molar-refractivity contribution < 1.29 is 4.79 Å². The van der Waals surface area contributed by atoms with Crippen LogP contribution < -0.4 is 5.32 Å². The normalized spacial score (nSPS) is 10.6. The molecule has 1 N–H and O–H groups in total. The van der Waals surface area contributed by atoms with E-state index >= 15 is 0 Å². The van der Waals surface area contributed by atoms with Crippen LogP contribution in [0.3, 0.4) is 0 Å². The highest BCUT2D eigenvalue weighted by atomic mass is 35.5. The van der Waals surface area contributed by atoms with E-state index in [2.05, 4.69) is 15.3 Å². The predicted molar refractivity (Wildman–Crippen MR) is 76.2 cm³/mol. The molecule has 2 rings (SSSR count). The fourth-order valence-corrected chi connectivity index (χ4v) is 1.59. The molecule has 0 bridgehead atoms. The van der Waals surface area contributed by atoms with Crippen molar-refractivity contribution in [3.05, 3.63) is 58.5 Å². The van der Waals surface area contributed by atoms with Gasteiger partial charge in [0.25, 0.3) is 0 Å². The van der Waals surface area contributed by atoms with Gasteiger partial charge in [0, 0.05) is 17.3 Å². The van der Waals surface area contributed by atoms with Gasteiger partial charge in [0.1, 0.15) is 5.82 Å². The van der Waals surface area contributed by atoms with Crippen LogP contribution >= 0.6 is 23.2 Å². The molecule has 0 saturated carbocycles. The van der Waals surface area contributed by atoms with Gasteiger partial charge >= 0.3 is 0 Å². The van der Waals surface area contributed by atoms with E-state index in [1.165, 1.54) is 12.3 Å². The van der Waals surface area contributed by atoms with Gasteiger partial charge in [0.2, 0.25) is 11.2 Å². The molecule has 0 atom stereocenters. The molecule has 19 heavy (non-hydrogen) atoms. The van der Waals surface area contributed by atoms with E-state index < -0.39 is 0 Å². The lowest BCUT2D eigenvalue weighted by Gasteiger charge is -2.00. The van der Waals surface area contributed by atoms with Gasteiger partial charge in [0.05, 0.1) is 0 Å². The molecule has 6 heteroatoms. The quantitative estimate of drug-likeness (QED) is 0.697. The van der Waals surface area contributed by atoms with Crippen molar-refractivity contribution >= 4 is 41.0 Å². The van der Waals surface area contributed by atoms with E-state index in [0.29, 0.717) is 10.8 Å². The summed E-state index contributed by atoms with van der Waals surface area (Å²) in [4.78, 5) is 19.2. The molecule has 0 aliphatic carbocycles. The first-order valence-corrected chi connectivity index (χ1v) is 6.12. The van der Waals surface area contributed by atoms with Gasteiger partial charge in [-0.2, -0.15) is 0 Å². The molecule has 0 saturated heterocycles. The van der Waals surface area contributed by atoms with Crippen LogP contribution in [0.4, 0.5) is 5.82 Å². The van der Waals surface area contributed by atoms with Crippen molar-refractivity contribution in [2.75, 3.05) is 5.32 Å². The zero-order valence-electron chi connectivity index (χ0n) is 9.68. The maximum atomic E-state index is 11.6. The molecule has 1 aromatic carbocycles. The minimum Gasteiger partial charge on any atom is -0.307 e. The van der Waals surface area contributed by atoms with Gasteiger partial charge in [-0.05, 0) is 41.4 Å². The van der Waals surface area contributed by atoms with Gasteiger partial charge in [-0.3, -0.25) is 4.79 Å². The summed E-state index contributed by atoms with van der Waals surface area (Å²) in [7, 11) is 0. The molecule has 0 fully saturated rings. The Morgan fingerprint density at radius 3 is 2.58 bits per heavy atom. The average molecular weight is 294 g/mol. The fourth-order valence-electron chi connectivity index (χ4n) is 1.32. The van der Waals surface area contributed by atoms with Crippen LogP contribution in [0.1, 0.15) is 5.56 Å². The van der Waals surface area contributed by atoms with Crippen LogP contribution in [-0.2, 0) is 4.79 Å². The number of hydrogen-bond acceptors (Lipinski definition) is 3. The highest BCUT2D eigenvalue weighted by Crippen LogP contribution is 2.11. The minimum absolute atomic E-state index is 0.0829. The maximum absolute atomic E-state index is 11.6. The van der Waals surface area contributed by atoms with E-state index in [9.17, 15) is 4.79 Å². The molecule has 1 heterocycles. The van der Waals surface area contributed by atoms with Crippen LogP contribution in [0.2, 0.25) is 10.3 Å². The first-order chi connectivity index (χ1) is 9.13. The SMILES string of the molecule is O=C(/C=C/c1ccc(Cl)cc1)Nc1ccnc(Cl)n1. The Bertz CT molecular complexity index is 612. The van der Waals surface area contributed by atoms with Crippen LogP contribution in [0.15, 0.2) is 42.6 Å². The summed E-state index contributed by atoms with van der Waals surface area (Å²) >= 11 is 11.4. The van der Waals surface area contributed by atoms with Crippen LogP contribution in [0.5, 0.6) is 0 Å². The number of hydrogen-bond donors (Lipinski definition) is 1. The molecule has 1 aromatic heterocycles. The summed E-state index contributed by atoms with van der Waals surface area (Å²) in [5.41, 5.74) is 0.875. The molecule has 1 amide bonds. The Kier molecular flexibility index (Phi) is 4.49. The number of anilines is 1. The lowest BCUT2D eigenvalue weighted by Crippen LogP contribution is -2.09. The fraction of sp³-hybridized carbons (Fsp3) is 0. The third-order valence-corrected chi connectivity index (χ3v) is 2.61. The number of nitrogens with one attached hydrogen (secondary N) is 1. The van der Waals surface area contributed by atoms with Gasteiger partial charge in [-0.25, -0.2) is 9.97 Å². The van der Waals surface area contributed by atoms with Crippen LogP contribution in [-0.4, -0.2) is 15.9 Å². The molecule has 0 unspecified atom stereocenters. The van der Waals surface area contributed by atoms with Crippen molar-refractivity contribution in [2.45, 2.75) is 0 Å². The highest BCUT2D eigenvalue weighted by Gasteiger charge is 2.00. The van der Waals surface area contributed by atoms with Crippen molar-refractivity contribution in [3.8, 4) is 0 Å². The second-order valence-electron chi connectivity index (χ2n) is 3.59. The summed E-state index contributed by atoms with van der Waals surface area (Å²) in [6.45, 7) is 0. The van der Waals surface area contributed by atoms with Crippen LogP contribution in [0, 0.1) is 0 Å². The van der Waals surface area contributed by atoms with Crippen molar-refractivity contribution in [3.63, 3.8) is 0 Å². The summed E-state index contributed by atoms with van der Waals surface area (Å²) in [6, 6.07) is 8.69. The standard InChI is InChI=1S/C13H9Cl2N3O/c14-10-4-1-9(2-5-10)3-6-12(19)17-11-7-8-16-13(15)18-11/h1-8H,(H,16,17,18,19)/b6-3+. The number of halogens is 2. The summed E-state index contributed by atoms with van der Waals surface area (Å²) in [5.74, 6) is 0.0514. The molecule has 0 aliphatic heterocycles. The van der Waals surface area contributed by atoms with Crippen molar-refractivity contribution in [2.24, 2.45) is 0 Å². The molecule has 0 aliphatic rings. The number of aromatic nitrogens is 2. The highest BCUT2D eigenvalue weighted by molar-refractivity contribution is 6.30. The number of nitrogens with zero attached hydrogens (tertiary/aromatic N) is 2. The molecule has 96 valence electrons. The Balaban J connectivity index is 1.99. The Hall–Kier alpha value is -1.91. The second kappa shape index (κ2) is 6.31. The van der Waals surface area contributed by atoms with Crippen molar-refractivity contribution in [1.82, 2.24) is 9.97 Å². The summed E-state index contributed by atoms with van der Waals surface area (Å²) in [5, 5.41) is 3.31. The number of carbonyl (C=O) groups excluding carboxylic acids is 1. The first-order valence-electron chi connectivity index (χ1n) is 5.37. The Morgan fingerprint density at radius 2 is 1.89 bits per heavy atom. The molecular weight excluding hydrogens is 285 g/mol. The second-order valence-corrected chi connectivity index (χ2v) is 4.36. The zero-order chi connectivity index (χ0) is 13.7. The number of amides is 1. The molecule has 0 spiro atoms. The lowest BCUT2D eigenvalue weighted by molar-refractivity contribution is -0.111. The zero-order valence-corrected chi connectivity index (χ0v) is 11.2. The third kappa shape index (κ3) is 4.35. The van der Waals surface area contributed by atoms with Gasteiger partial charge in [-0.15, -0.1) is 0 Å². The smallest absolute Gasteiger partial charge is 0.249 e. The Labute approximate surface area is 120 Å². The van der Waals surface area contributed by atoms with E-state index in [4.69, 9.17) is 23.2 Å². The van der Waals surface area contributed by atoms with Gasteiger partial charge in [0.15, 0.2) is 0 Å². The van der Waals surface area contributed by atoms with E-state index in [-0.39, 0.29) is 11.2 Å². The molecule has 2 aromatic rings. The topological polar surface area (TPSA) is 54.9 Å². The number of rotatable bonds is 3. The molecule has 4 nitrogen and oxygen atoms in total. The number of carbonyl (C=O) groups is 1. The van der Waals surface area contributed by atoms with Crippen molar-refractivity contribution in [1.29, 1.82) is 0 Å². The van der Waals surface area contributed by atoms with E-state index in [1.54, 1.807) is 24.3 Å². The summed E-state index contributed by atoms with van der Waals surface area (Å²) in [6.07, 6.45) is 4.54. The third-order valence-electron chi connectivity index (χ3n) is 2.17.